The molecule has 0 spiro atoms. The highest BCUT2D eigenvalue weighted by atomic mass is 16.2. The lowest BCUT2D eigenvalue weighted by atomic mass is 10.00. The van der Waals surface area contributed by atoms with Crippen molar-refractivity contribution in [2.24, 2.45) is 0 Å². The fourth-order valence-electron chi connectivity index (χ4n) is 4.64. The Morgan fingerprint density at radius 2 is 1.84 bits per heavy atom. The smallest absolute Gasteiger partial charge is 0.274 e. The zero-order valence-electron chi connectivity index (χ0n) is 18.4. The van der Waals surface area contributed by atoms with Crippen LogP contribution >= 0.6 is 0 Å². The van der Waals surface area contributed by atoms with E-state index in [4.69, 9.17) is 4.98 Å². The monoisotopic (exact) mass is 429 g/mol. The van der Waals surface area contributed by atoms with Crippen molar-refractivity contribution in [2.45, 2.75) is 51.6 Å². The molecule has 1 unspecified atom stereocenters. The first-order valence-corrected chi connectivity index (χ1v) is 11.3. The predicted molar refractivity (Wildman–Crippen MR) is 124 cm³/mol. The van der Waals surface area contributed by atoms with Crippen molar-refractivity contribution in [1.82, 2.24) is 24.6 Å². The zero-order valence-corrected chi connectivity index (χ0v) is 18.4. The largest absolute Gasteiger partial charge is 0.340 e. The summed E-state index contributed by atoms with van der Waals surface area (Å²) in [7, 11) is 0. The number of carbonyl (C=O) groups is 1. The van der Waals surface area contributed by atoms with Gasteiger partial charge in [-0.05, 0) is 51.3 Å². The number of amides is 1. The molecule has 0 radical (unpaired) electrons. The number of fused-ring (bicyclic) bond motifs is 2. The SMILES string of the molecule is CC(C)n1nc(CC(=O)N2CCCCC2c2nc3ccccc3[nH]2)c2ccccc2c1=O. The molecule has 164 valence electrons. The molecular weight excluding hydrogens is 402 g/mol. The maximum absolute atomic E-state index is 13.5. The van der Waals surface area contributed by atoms with Crippen molar-refractivity contribution in [3.8, 4) is 0 Å². The van der Waals surface area contributed by atoms with Gasteiger partial charge in [-0.15, -0.1) is 0 Å². The summed E-state index contributed by atoms with van der Waals surface area (Å²) in [5, 5.41) is 5.95. The van der Waals surface area contributed by atoms with Crippen LogP contribution < -0.4 is 5.56 Å². The summed E-state index contributed by atoms with van der Waals surface area (Å²) in [4.78, 5) is 36.5. The molecule has 0 bridgehead atoms. The quantitative estimate of drug-likeness (QED) is 0.528. The normalized spacial score (nSPS) is 16.8. The van der Waals surface area contributed by atoms with Crippen molar-refractivity contribution in [1.29, 1.82) is 0 Å². The molecule has 1 aliphatic rings. The van der Waals surface area contributed by atoms with Crippen LogP contribution in [-0.2, 0) is 11.2 Å². The van der Waals surface area contributed by atoms with Crippen LogP contribution in [0.1, 0.15) is 56.7 Å². The van der Waals surface area contributed by atoms with Crippen LogP contribution in [0.4, 0.5) is 0 Å². The number of nitrogens with zero attached hydrogens (tertiary/aromatic N) is 4. The zero-order chi connectivity index (χ0) is 22.2. The number of para-hydroxylation sites is 2. The summed E-state index contributed by atoms with van der Waals surface area (Å²) in [6.07, 6.45) is 3.07. The molecule has 2 aromatic carbocycles. The molecule has 0 saturated carbocycles. The summed E-state index contributed by atoms with van der Waals surface area (Å²) < 4.78 is 1.48. The molecule has 0 aliphatic carbocycles. The Labute approximate surface area is 186 Å². The molecule has 32 heavy (non-hydrogen) atoms. The summed E-state index contributed by atoms with van der Waals surface area (Å²) >= 11 is 0. The van der Waals surface area contributed by atoms with Gasteiger partial charge in [0.25, 0.3) is 5.56 Å². The van der Waals surface area contributed by atoms with E-state index in [1.54, 1.807) is 0 Å². The van der Waals surface area contributed by atoms with Crippen molar-refractivity contribution in [3.63, 3.8) is 0 Å². The first-order valence-electron chi connectivity index (χ1n) is 11.3. The Balaban J connectivity index is 1.50. The molecule has 7 heteroatoms. The van der Waals surface area contributed by atoms with Gasteiger partial charge in [-0.1, -0.05) is 30.3 Å². The summed E-state index contributed by atoms with van der Waals surface area (Å²) in [5.74, 6) is 0.853. The van der Waals surface area contributed by atoms with Crippen LogP contribution in [0.25, 0.3) is 21.8 Å². The Morgan fingerprint density at radius 1 is 1.09 bits per heavy atom. The third kappa shape index (κ3) is 3.57. The third-order valence-corrected chi connectivity index (χ3v) is 6.26. The van der Waals surface area contributed by atoms with Gasteiger partial charge < -0.3 is 9.88 Å². The molecule has 1 N–H and O–H groups in total. The lowest BCUT2D eigenvalue weighted by Crippen LogP contribution is -2.40. The van der Waals surface area contributed by atoms with Crippen molar-refractivity contribution >= 4 is 27.7 Å². The van der Waals surface area contributed by atoms with Gasteiger partial charge in [-0.2, -0.15) is 5.10 Å². The van der Waals surface area contributed by atoms with Gasteiger partial charge in [0, 0.05) is 11.9 Å². The molecular formula is C25H27N5O2. The lowest BCUT2D eigenvalue weighted by molar-refractivity contribution is -0.134. The predicted octanol–water partition coefficient (Wildman–Crippen LogP) is 4.15. The second kappa shape index (κ2) is 8.22. The number of nitrogens with one attached hydrogen (secondary N) is 1. The van der Waals surface area contributed by atoms with Crippen LogP contribution in [0, 0.1) is 0 Å². The number of hydrogen-bond donors (Lipinski definition) is 1. The van der Waals surface area contributed by atoms with Crippen molar-refractivity contribution in [3.05, 3.63) is 70.4 Å². The average molecular weight is 430 g/mol. The minimum atomic E-state index is -0.120. The molecule has 1 amide bonds. The molecule has 2 aromatic heterocycles. The van der Waals surface area contributed by atoms with Crippen molar-refractivity contribution in [2.75, 3.05) is 6.54 Å². The summed E-state index contributed by atoms with van der Waals surface area (Å²) in [6, 6.07) is 15.2. The Morgan fingerprint density at radius 3 is 2.62 bits per heavy atom. The van der Waals surface area contributed by atoms with Crippen LogP contribution in [-0.4, -0.2) is 37.1 Å². The first-order chi connectivity index (χ1) is 15.5. The molecule has 3 heterocycles. The van der Waals surface area contributed by atoms with E-state index in [1.165, 1.54) is 4.68 Å². The fraction of sp³-hybridized carbons (Fsp3) is 0.360. The van der Waals surface area contributed by atoms with Crippen LogP contribution in [0.2, 0.25) is 0 Å². The standard InChI is InChI=1S/C25H27N5O2/c1-16(2)30-25(32)18-10-4-3-9-17(18)21(28-30)15-23(31)29-14-8-7-13-22(29)24-26-19-11-5-6-12-20(19)27-24/h3-6,9-12,16,22H,7-8,13-15H2,1-2H3,(H,26,27). The summed E-state index contributed by atoms with van der Waals surface area (Å²) in [5.41, 5.74) is 2.42. The number of rotatable bonds is 4. The second-order valence-corrected chi connectivity index (χ2v) is 8.75. The highest BCUT2D eigenvalue weighted by Crippen LogP contribution is 2.31. The minimum absolute atomic E-state index is 0.0155. The van der Waals surface area contributed by atoms with Crippen LogP contribution in [0.15, 0.2) is 53.3 Å². The molecule has 4 aromatic rings. The molecule has 1 saturated heterocycles. The van der Waals surface area contributed by atoms with E-state index in [9.17, 15) is 9.59 Å². The minimum Gasteiger partial charge on any atom is -0.340 e. The molecule has 5 rings (SSSR count). The van der Waals surface area contributed by atoms with Gasteiger partial charge in [0.05, 0.1) is 40.6 Å². The van der Waals surface area contributed by atoms with E-state index < -0.39 is 0 Å². The Bertz CT molecular complexity index is 1320. The summed E-state index contributed by atoms with van der Waals surface area (Å²) in [6.45, 7) is 4.55. The van der Waals surface area contributed by atoms with E-state index in [-0.39, 0.29) is 30.0 Å². The van der Waals surface area contributed by atoms with Gasteiger partial charge in [0.2, 0.25) is 5.91 Å². The molecule has 7 nitrogen and oxygen atoms in total. The van der Waals surface area contributed by atoms with Gasteiger partial charge in [-0.3, -0.25) is 9.59 Å². The van der Waals surface area contributed by atoms with Gasteiger partial charge >= 0.3 is 0 Å². The van der Waals surface area contributed by atoms with Gasteiger partial charge in [0.15, 0.2) is 0 Å². The molecule has 1 fully saturated rings. The number of benzene rings is 2. The molecule has 1 atom stereocenters. The Kier molecular flexibility index (Phi) is 5.25. The topological polar surface area (TPSA) is 83.9 Å². The number of aromatic amines is 1. The highest BCUT2D eigenvalue weighted by Gasteiger charge is 2.31. The maximum atomic E-state index is 13.5. The number of H-pyrrole nitrogens is 1. The number of aromatic nitrogens is 4. The molecule has 1 aliphatic heterocycles. The number of hydrogen-bond acceptors (Lipinski definition) is 4. The van der Waals surface area contributed by atoms with Gasteiger partial charge in [0.1, 0.15) is 5.82 Å². The number of piperidine rings is 1. The number of imidazole rings is 1. The highest BCUT2D eigenvalue weighted by molar-refractivity contribution is 5.88. The first kappa shape index (κ1) is 20.4. The average Bonchev–Trinajstić information content (AvgIpc) is 3.25. The van der Waals surface area contributed by atoms with E-state index in [0.717, 1.165) is 41.5 Å². The van der Waals surface area contributed by atoms with Crippen LogP contribution in [0.5, 0.6) is 0 Å². The third-order valence-electron chi connectivity index (χ3n) is 6.26. The number of carbonyl (C=O) groups excluding carboxylic acids is 1. The van der Waals surface area contributed by atoms with Crippen LogP contribution in [0.3, 0.4) is 0 Å². The van der Waals surface area contributed by atoms with E-state index in [2.05, 4.69) is 10.1 Å². The second-order valence-electron chi connectivity index (χ2n) is 8.75. The van der Waals surface area contributed by atoms with E-state index in [1.807, 2.05) is 67.3 Å². The fourth-order valence-corrected chi connectivity index (χ4v) is 4.64. The van der Waals surface area contributed by atoms with Crippen molar-refractivity contribution < 1.29 is 4.79 Å². The van der Waals surface area contributed by atoms with E-state index >= 15 is 0 Å². The Hall–Kier alpha value is -3.48. The van der Waals surface area contributed by atoms with E-state index in [0.29, 0.717) is 17.6 Å². The lowest BCUT2D eigenvalue weighted by Gasteiger charge is -2.34. The number of likely N-dealkylation sites (tertiary alicyclic amines) is 1. The van der Waals surface area contributed by atoms with Gasteiger partial charge in [-0.25, -0.2) is 9.67 Å². The maximum Gasteiger partial charge on any atom is 0.274 e.